The summed E-state index contributed by atoms with van der Waals surface area (Å²) in [6.45, 7) is 0. The highest BCUT2D eigenvalue weighted by Crippen LogP contribution is 2.34. The Morgan fingerprint density at radius 1 is 1.38 bits per heavy atom. The lowest BCUT2D eigenvalue weighted by Gasteiger charge is -2.08. The van der Waals surface area contributed by atoms with Gasteiger partial charge in [0.1, 0.15) is 0 Å². The first-order valence-corrected chi connectivity index (χ1v) is 3.50. The lowest BCUT2D eigenvalue weighted by Crippen LogP contribution is -2.07. The number of pyridine rings is 1. The molecule has 0 amide bonds. The summed E-state index contributed by atoms with van der Waals surface area (Å²) in [5.41, 5.74) is -1.37. The maximum absolute atomic E-state index is 12.1. The fourth-order valence-corrected chi connectivity index (χ4v) is 0.990. The molecule has 0 N–H and O–H groups in total. The molecular formula is C7H3ClF3NO. The first-order valence-electron chi connectivity index (χ1n) is 3.12. The second-order valence-electron chi connectivity index (χ2n) is 2.21. The van der Waals surface area contributed by atoms with Gasteiger partial charge in [-0.25, -0.2) is 0 Å². The van der Waals surface area contributed by atoms with Crippen LogP contribution in [0.4, 0.5) is 13.2 Å². The highest BCUT2D eigenvalue weighted by molar-refractivity contribution is 6.33. The molecule has 2 nitrogen and oxygen atoms in total. The molecule has 1 aromatic heterocycles. The van der Waals surface area contributed by atoms with Crippen LogP contribution in [0.25, 0.3) is 0 Å². The minimum Gasteiger partial charge on any atom is -0.298 e. The van der Waals surface area contributed by atoms with E-state index in [-0.39, 0.29) is 11.8 Å². The number of alkyl halides is 3. The summed E-state index contributed by atoms with van der Waals surface area (Å²) >= 11 is 5.30. The molecule has 1 heterocycles. The molecule has 1 rings (SSSR count). The largest absolute Gasteiger partial charge is 0.419 e. The first kappa shape index (κ1) is 9.98. The lowest BCUT2D eigenvalue weighted by atomic mass is 10.2. The second kappa shape index (κ2) is 3.33. The van der Waals surface area contributed by atoms with Gasteiger partial charge < -0.3 is 0 Å². The molecule has 0 fully saturated rings. The number of hydrogen-bond acceptors (Lipinski definition) is 2. The highest BCUT2D eigenvalue weighted by atomic mass is 35.5. The number of halogens is 4. The van der Waals surface area contributed by atoms with E-state index < -0.39 is 16.8 Å². The molecule has 0 atom stereocenters. The van der Waals surface area contributed by atoms with Gasteiger partial charge in [-0.3, -0.25) is 9.78 Å². The normalized spacial score (nSPS) is 11.4. The number of rotatable bonds is 1. The fraction of sp³-hybridized carbons (Fsp3) is 0.143. The van der Waals surface area contributed by atoms with Crippen molar-refractivity contribution < 1.29 is 18.0 Å². The third-order valence-electron chi connectivity index (χ3n) is 1.34. The number of aromatic nitrogens is 1. The van der Waals surface area contributed by atoms with Crippen LogP contribution in [0.2, 0.25) is 5.02 Å². The molecule has 0 spiro atoms. The topological polar surface area (TPSA) is 30.0 Å². The van der Waals surface area contributed by atoms with Crippen molar-refractivity contribution in [3.05, 3.63) is 28.5 Å². The Morgan fingerprint density at radius 3 is 2.46 bits per heavy atom. The summed E-state index contributed by atoms with van der Waals surface area (Å²) in [5, 5.41) is -0.613. The van der Waals surface area contributed by atoms with E-state index in [0.29, 0.717) is 6.20 Å². The Morgan fingerprint density at radius 2 is 2.00 bits per heavy atom. The Balaban J connectivity index is 3.32. The third kappa shape index (κ3) is 1.98. The Hall–Kier alpha value is -1.10. The van der Waals surface area contributed by atoms with E-state index in [9.17, 15) is 18.0 Å². The Bertz CT molecular complexity index is 337. The first-order chi connectivity index (χ1) is 5.96. The van der Waals surface area contributed by atoms with Crippen molar-refractivity contribution in [2.24, 2.45) is 0 Å². The van der Waals surface area contributed by atoms with Crippen LogP contribution in [0.15, 0.2) is 12.4 Å². The smallest absolute Gasteiger partial charge is 0.298 e. The zero-order valence-corrected chi connectivity index (χ0v) is 6.86. The van der Waals surface area contributed by atoms with E-state index in [1.807, 2.05) is 0 Å². The SMILES string of the molecule is O=Cc1cncc(C(F)(F)F)c1Cl. The van der Waals surface area contributed by atoms with Crippen molar-refractivity contribution in [2.45, 2.75) is 6.18 Å². The molecular weight excluding hydrogens is 207 g/mol. The molecule has 13 heavy (non-hydrogen) atoms. The number of aldehydes is 1. The van der Waals surface area contributed by atoms with Gasteiger partial charge in [0.15, 0.2) is 6.29 Å². The maximum Gasteiger partial charge on any atom is 0.419 e. The van der Waals surface area contributed by atoms with Crippen LogP contribution in [0, 0.1) is 0 Å². The van der Waals surface area contributed by atoms with E-state index in [4.69, 9.17) is 11.6 Å². The van der Waals surface area contributed by atoms with Crippen molar-refractivity contribution in [1.82, 2.24) is 4.98 Å². The van der Waals surface area contributed by atoms with Crippen molar-refractivity contribution in [3.63, 3.8) is 0 Å². The van der Waals surface area contributed by atoms with Crippen LogP contribution >= 0.6 is 11.6 Å². The Kier molecular flexibility index (Phi) is 2.56. The molecule has 0 unspecified atom stereocenters. The van der Waals surface area contributed by atoms with E-state index >= 15 is 0 Å². The Labute approximate surface area is 76.3 Å². The summed E-state index contributed by atoms with van der Waals surface area (Å²) in [6.07, 6.45) is -2.80. The molecule has 0 aliphatic carbocycles. The highest BCUT2D eigenvalue weighted by Gasteiger charge is 2.34. The van der Waals surface area contributed by atoms with Crippen LogP contribution in [-0.2, 0) is 6.18 Å². The van der Waals surface area contributed by atoms with Crippen LogP contribution in [0.3, 0.4) is 0 Å². The summed E-state index contributed by atoms with van der Waals surface area (Å²) in [5.74, 6) is 0. The summed E-state index contributed by atoms with van der Waals surface area (Å²) in [6, 6.07) is 0. The molecule has 0 bridgehead atoms. The molecule has 0 aliphatic rings. The van der Waals surface area contributed by atoms with Gasteiger partial charge in [0, 0.05) is 12.4 Å². The molecule has 0 aromatic carbocycles. The van der Waals surface area contributed by atoms with Gasteiger partial charge in [-0.05, 0) is 0 Å². The van der Waals surface area contributed by atoms with Gasteiger partial charge in [-0.1, -0.05) is 11.6 Å². The molecule has 1 aromatic rings. The average molecular weight is 210 g/mol. The van der Waals surface area contributed by atoms with Crippen LogP contribution < -0.4 is 0 Å². The third-order valence-corrected chi connectivity index (χ3v) is 1.76. The number of nitrogens with zero attached hydrogens (tertiary/aromatic N) is 1. The molecule has 0 saturated heterocycles. The molecule has 0 aliphatic heterocycles. The van der Waals surface area contributed by atoms with Crippen LogP contribution in [0.5, 0.6) is 0 Å². The van der Waals surface area contributed by atoms with E-state index in [1.54, 1.807) is 0 Å². The van der Waals surface area contributed by atoms with E-state index in [0.717, 1.165) is 6.20 Å². The van der Waals surface area contributed by atoms with Crippen molar-refractivity contribution in [2.75, 3.05) is 0 Å². The molecule has 70 valence electrons. The molecule has 0 saturated carbocycles. The quantitative estimate of drug-likeness (QED) is 0.666. The summed E-state index contributed by atoms with van der Waals surface area (Å²) in [7, 11) is 0. The van der Waals surface area contributed by atoms with Gasteiger partial charge in [0.2, 0.25) is 0 Å². The zero-order valence-electron chi connectivity index (χ0n) is 6.10. The van der Waals surface area contributed by atoms with Gasteiger partial charge in [-0.15, -0.1) is 0 Å². The van der Waals surface area contributed by atoms with Crippen molar-refractivity contribution in [3.8, 4) is 0 Å². The zero-order chi connectivity index (χ0) is 10.1. The molecule has 6 heteroatoms. The lowest BCUT2D eigenvalue weighted by molar-refractivity contribution is -0.137. The number of hydrogen-bond donors (Lipinski definition) is 0. The fourth-order valence-electron chi connectivity index (χ4n) is 0.741. The van der Waals surface area contributed by atoms with Gasteiger partial charge in [0.05, 0.1) is 16.1 Å². The van der Waals surface area contributed by atoms with E-state index in [1.165, 1.54) is 0 Å². The number of carbonyl (C=O) groups is 1. The maximum atomic E-state index is 12.1. The monoisotopic (exact) mass is 209 g/mol. The second-order valence-corrected chi connectivity index (χ2v) is 2.58. The average Bonchev–Trinajstić information content (AvgIpc) is 2.02. The minimum atomic E-state index is -4.58. The standard InChI is InChI=1S/C7H3ClF3NO/c8-6-4(3-13)1-12-2-5(6)7(9,10)11/h1-3H. The van der Waals surface area contributed by atoms with Gasteiger partial charge in [-0.2, -0.15) is 13.2 Å². The van der Waals surface area contributed by atoms with Crippen LogP contribution in [-0.4, -0.2) is 11.3 Å². The minimum absolute atomic E-state index is 0.227. The van der Waals surface area contributed by atoms with E-state index in [2.05, 4.69) is 4.98 Å². The molecule has 0 radical (unpaired) electrons. The van der Waals surface area contributed by atoms with Crippen LogP contribution in [0.1, 0.15) is 15.9 Å². The van der Waals surface area contributed by atoms with Crippen molar-refractivity contribution in [1.29, 1.82) is 0 Å². The summed E-state index contributed by atoms with van der Waals surface area (Å²) in [4.78, 5) is 13.5. The summed E-state index contributed by atoms with van der Waals surface area (Å²) < 4.78 is 36.4. The predicted molar refractivity (Wildman–Crippen MR) is 39.6 cm³/mol. The number of carbonyl (C=O) groups excluding carboxylic acids is 1. The van der Waals surface area contributed by atoms with Gasteiger partial charge >= 0.3 is 6.18 Å². The van der Waals surface area contributed by atoms with Crippen molar-refractivity contribution >= 4 is 17.9 Å². The predicted octanol–water partition coefficient (Wildman–Crippen LogP) is 2.57. The van der Waals surface area contributed by atoms with Gasteiger partial charge in [0.25, 0.3) is 0 Å².